The van der Waals surface area contributed by atoms with E-state index >= 15 is 0 Å². The molecular formula is C23H28ClN7O. The molecule has 2 aromatic heterocycles. The van der Waals surface area contributed by atoms with Crippen molar-refractivity contribution in [3.63, 3.8) is 0 Å². The van der Waals surface area contributed by atoms with Crippen LogP contribution < -0.4 is 10.2 Å². The summed E-state index contributed by atoms with van der Waals surface area (Å²) in [6.07, 6.45) is 5.41. The van der Waals surface area contributed by atoms with Crippen LogP contribution in [0.25, 0.3) is 5.69 Å². The number of halogens is 1. The van der Waals surface area contributed by atoms with Crippen molar-refractivity contribution in [2.45, 2.75) is 39.8 Å². The summed E-state index contributed by atoms with van der Waals surface area (Å²) in [6.45, 7) is 9.64. The highest BCUT2D eigenvalue weighted by Crippen LogP contribution is 2.28. The summed E-state index contributed by atoms with van der Waals surface area (Å²) >= 11 is 5.98. The number of benzene rings is 1. The number of carbonyl (C=O) groups excluding carboxylic acids is 1. The van der Waals surface area contributed by atoms with E-state index in [0.29, 0.717) is 35.8 Å². The Bertz CT molecular complexity index is 1080. The van der Waals surface area contributed by atoms with Gasteiger partial charge in [0.1, 0.15) is 5.82 Å². The van der Waals surface area contributed by atoms with Crippen molar-refractivity contribution < 1.29 is 4.79 Å². The van der Waals surface area contributed by atoms with Crippen molar-refractivity contribution in [1.82, 2.24) is 24.4 Å². The Morgan fingerprint density at radius 1 is 1.16 bits per heavy atom. The highest BCUT2D eigenvalue weighted by atomic mass is 35.5. The molecule has 4 rings (SSSR count). The van der Waals surface area contributed by atoms with Crippen LogP contribution in [0.3, 0.4) is 0 Å². The van der Waals surface area contributed by atoms with E-state index in [1.165, 1.54) is 0 Å². The van der Waals surface area contributed by atoms with Gasteiger partial charge in [-0.1, -0.05) is 25.4 Å². The number of hydrogen-bond donors (Lipinski definition) is 1. The molecule has 9 heteroatoms. The first-order chi connectivity index (χ1) is 15.4. The highest BCUT2D eigenvalue weighted by Gasteiger charge is 2.39. The predicted octanol–water partition coefficient (Wildman–Crippen LogP) is 4.78. The quantitative estimate of drug-likeness (QED) is 0.557. The number of anilines is 2. The maximum atomic E-state index is 12.9. The normalized spacial score (nSPS) is 17.3. The summed E-state index contributed by atoms with van der Waals surface area (Å²) in [6, 6.07) is 9.32. The van der Waals surface area contributed by atoms with Gasteiger partial charge in [-0.05, 0) is 50.1 Å². The van der Waals surface area contributed by atoms with Crippen molar-refractivity contribution in [2.75, 3.05) is 23.3 Å². The van der Waals surface area contributed by atoms with E-state index in [1.807, 2.05) is 53.8 Å². The van der Waals surface area contributed by atoms with Crippen LogP contribution >= 0.6 is 11.6 Å². The molecule has 1 aromatic carbocycles. The molecule has 1 aliphatic heterocycles. The van der Waals surface area contributed by atoms with Gasteiger partial charge >= 0.3 is 6.03 Å². The van der Waals surface area contributed by atoms with Crippen LogP contribution in [0.1, 0.15) is 39.4 Å². The van der Waals surface area contributed by atoms with Crippen LogP contribution in [0.2, 0.25) is 5.02 Å². The van der Waals surface area contributed by atoms with Crippen molar-refractivity contribution in [3.8, 4) is 5.69 Å². The molecule has 0 saturated carbocycles. The minimum Gasteiger partial charge on any atom is -0.346 e. The topological polar surface area (TPSA) is 79.2 Å². The van der Waals surface area contributed by atoms with Gasteiger partial charge in [-0.15, -0.1) is 0 Å². The number of rotatable bonds is 7. The summed E-state index contributed by atoms with van der Waals surface area (Å²) in [4.78, 5) is 30.1. The molecule has 0 aliphatic carbocycles. The second kappa shape index (κ2) is 9.16. The Kier molecular flexibility index (Phi) is 6.32. The van der Waals surface area contributed by atoms with E-state index in [-0.39, 0.29) is 18.1 Å². The van der Waals surface area contributed by atoms with E-state index in [9.17, 15) is 4.79 Å². The van der Waals surface area contributed by atoms with Crippen molar-refractivity contribution in [2.24, 2.45) is 5.92 Å². The van der Waals surface area contributed by atoms with Crippen LogP contribution in [-0.2, 0) is 0 Å². The van der Waals surface area contributed by atoms with Gasteiger partial charge in [0.05, 0.1) is 24.1 Å². The lowest BCUT2D eigenvalue weighted by molar-refractivity contribution is 0.222. The third kappa shape index (κ3) is 4.41. The number of imidazole rings is 1. The Morgan fingerprint density at radius 2 is 1.91 bits per heavy atom. The molecule has 168 valence electrons. The lowest BCUT2D eigenvalue weighted by atomic mass is 10.0. The second-order valence-electron chi connectivity index (χ2n) is 8.29. The van der Waals surface area contributed by atoms with Crippen LogP contribution in [0.15, 0.2) is 49.1 Å². The fourth-order valence-corrected chi connectivity index (χ4v) is 3.98. The summed E-state index contributed by atoms with van der Waals surface area (Å²) in [5, 5.41) is 4.00. The third-order valence-electron chi connectivity index (χ3n) is 5.77. The second-order valence-corrected chi connectivity index (χ2v) is 8.73. The summed E-state index contributed by atoms with van der Waals surface area (Å²) in [7, 11) is 0. The van der Waals surface area contributed by atoms with Crippen molar-refractivity contribution in [3.05, 3.63) is 59.8 Å². The zero-order chi connectivity index (χ0) is 22.8. The molecule has 0 spiro atoms. The number of likely N-dealkylation sites (N-methyl/N-ethyl adjacent to an activating group) is 1. The molecule has 32 heavy (non-hydrogen) atoms. The molecule has 1 unspecified atom stereocenters. The third-order valence-corrected chi connectivity index (χ3v) is 6.02. The van der Waals surface area contributed by atoms with Gasteiger partial charge in [-0.3, -0.25) is 4.90 Å². The molecule has 1 fully saturated rings. The average molecular weight is 454 g/mol. The first-order valence-corrected chi connectivity index (χ1v) is 11.2. The Hall–Kier alpha value is -3.13. The van der Waals surface area contributed by atoms with Gasteiger partial charge in [-0.25, -0.2) is 14.8 Å². The standard InChI is InChI=1S/C23H28ClN7O/c1-5-29-13-20(15(2)3)31(23(29)32)21-10-11-25-22(28-21)27-16(4)19-12-30(14-26-19)18-8-6-17(24)7-9-18/h6-12,14-16,20H,5,13H2,1-4H3,(H,25,27,28)/t16-,20?/m0/s1. The molecular weight excluding hydrogens is 426 g/mol. The first kappa shape index (κ1) is 22.1. The van der Waals surface area contributed by atoms with Crippen LogP contribution in [0.4, 0.5) is 16.6 Å². The lowest BCUT2D eigenvalue weighted by Gasteiger charge is -2.25. The van der Waals surface area contributed by atoms with E-state index in [1.54, 1.807) is 23.5 Å². The SMILES string of the molecule is CCN1CC(C(C)C)N(c2ccnc(N[C@@H](C)c3cn(-c4ccc(Cl)cc4)cn3)n2)C1=O. The van der Waals surface area contributed by atoms with Crippen molar-refractivity contribution >= 4 is 29.4 Å². The van der Waals surface area contributed by atoms with Crippen LogP contribution in [0.5, 0.6) is 0 Å². The molecule has 1 aliphatic rings. The molecule has 2 amide bonds. The summed E-state index contributed by atoms with van der Waals surface area (Å²) in [5.74, 6) is 1.39. The summed E-state index contributed by atoms with van der Waals surface area (Å²) < 4.78 is 1.94. The molecule has 1 N–H and O–H groups in total. The Morgan fingerprint density at radius 3 is 2.59 bits per heavy atom. The lowest BCUT2D eigenvalue weighted by Crippen LogP contribution is -2.38. The molecule has 0 radical (unpaired) electrons. The zero-order valence-electron chi connectivity index (χ0n) is 18.7. The maximum Gasteiger partial charge on any atom is 0.326 e. The van der Waals surface area contributed by atoms with E-state index in [4.69, 9.17) is 11.6 Å². The monoisotopic (exact) mass is 453 g/mol. The molecule has 8 nitrogen and oxygen atoms in total. The van der Waals surface area contributed by atoms with Gasteiger partial charge in [0.2, 0.25) is 5.95 Å². The number of aromatic nitrogens is 4. The fraction of sp³-hybridized carbons (Fsp3) is 0.391. The molecule has 2 atom stereocenters. The largest absolute Gasteiger partial charge is 0.346 e. The molecule has 3 heterocycles. The number of urea groups is 1. The smallest absolute Gasteiger partial charge is 0.326 e. The summed E-state index contributed by atoms with van der Waals surface area (Å²) in [5.41, 5.74) is 1.83. The Balaban J connectivity index is 1.52. The number of nitrogens with one attached hydrogen (secondary N) is 1. The molecule has 1 saturated heterocycles. The molecule has 3 aromatic rings. The predicted molar refractivity (Wildman–Crippen MR) is 126 cm³/mol. The molecule has 0 bridgehead atoms. The van der Waals surface area contributed by atoms with Crippen LogP contribution in [-0.4, -0.2) is 49.6 Å². The number of carbonyl (C=O) groups is 1. The number of amides is 2. The first-order valence-electron chi connectivity index (χ1n) is 10.8. The van der Waals surface area contributed by atoms with Gasteiger partial charge in [0, 0.05) is 36.2 Å². The fourth-order valence-electron chi connectivity index (χ4n) is 3.86. The van der Waals surface area contributed by atoms with E-state index in [0.717, 1.165) is 11.4 Å². The Labute approximate surface area is 193 Å². The number of hydrogen-bond acceptors (Lipinski definition) is 5. The van der Waals surface area contributed by atoms with Crippen LogP contribution in [0, 0.1) is 5.92 Å². The van der Waals surface area contributed by atoms with Gasteiger partial charge in [0.15, 0.2) is 0 Å². The average Bonchev–Trinajstić information content (AvgIpc) is 3.39. The number of nitrogens with zero attached hydrogens (tertiary/aromatic N) is 6. The van der Waals surface area contributed by atoms with Gasteiger partial charge in [-0.2, -0.15) is 4.98 Å². The van der Waals surface area contributed by atoms with E-state index in [2.05, 4.69) is 34.1 Å². The van der Waals surface area contributed by atoms with E-state index < -0.39 is 0 Å². The maximum absolute atomic E-state index is 12.9. The minimum absolute atomic E-state index is 0.00870. The minimum atomic E-state index is -0.124. The van der Waals surface area contributed by atoms with Gasteiger partial charge in [0.25, 0.3) is 0 Å². The van der Waals surface area contributed by atoms with Gasteiger partial charge < -0.3 is 14.8 Å². The van der Waals surface area contributed by atoms with Crippen molar-refractivity contribution in [1.29, 1.82) is 0 Å². The zero-order valence-corrected chi connectivity index (χ0v) is 19.5. The highest BCUT2D eigenvalue weighted by molar-refractivity contribution is 6.30.